The Morgan fingerprint density at radius 3 is 3.04 bits per heavy atom. The Hall–Kier alpha value is -1.87. The Morgan fingerprint density at radius 1 is 1.35 bits per heavy atom. The Bertz CT molecular complexity index is 928. The first-order valence-electron chi connectivity index (χ1n) is 8.30. The molecule has 5 nitrogen and oxygen atoms in total. The lowest BCUT2D eigenvalue weighted by molar-refractivity contribution is -0.113. The van der Waals surface area contributed by atoms with E-state index in [4.69, 9.17) is 4.99 Å². The number of amides is 1. The zero-order valence-corrected chi connectivity index (χ0v) is 17.1. The van der Waals surface area contributed by atoms with Gasteiger partial charge in [-0.15, -0.1) is 0 Å². The first kappa shape index (κ1) is 17.5. The van der Waals surface area contributed by atoms with Gasteiger partial charge in [-0.1, -0.05) is 30.0 Å². The molecule has 4 rings (SSSR count). The number of halogens is 1. The highest BCUT2D eigenvalue weighted by Gasteiger charge is 2.32. The fraction of sp³-hybridized carbons (Fsp3) is 0.211. The summed E-state index contributed by atoms with van der Waals surface area (Å²) in [6.45, 7) is 2.00. The van der Waals surface area contributed by atoms with Gasteiger partial charge in [0.15, 0.2) is 5.17 Å². The van der Waals surface area contributed by atoms with Crippen LogP contribution in [0, 0.1) is 10.5 Å². The zero-order chi connectivity index (χ0) is 18.1. The first-order chi connectivity index (χ1) is 12.6. The quantitative estimate of drug-likeness (QED) is 0.654. The molecule has 1 atom stereocenters. The van der Waals surface area contributed by atoms with Crippen LogP contribution in [0.5, 0.6) is 0 Å². The van der Waals surface area contributed by atoms with E-state index in [1.54, 1.807) is 0 Å². The molecule has 26 heavy (non-hydrogen) atoms. The van der Waals surface area contributed by atoms with Crippen molar-refractivity contribution in [2.24, 2.45) is 10.1 Å². The zero-order valence-electron chi connectivity index (χ0n) is 14.1. The van der Waals surface area contributed by atoms with Gasteiger partial charge in [0, 0.05) is 27.5 Å². The van der Waals surface area contributed by atoms with Crippen LogP contribution in [0.3, 0.4) is 0 Å². The van der Waals surface area contributed by atoms with Crippen molar-refractivity contribution in [3.8, 4) is 0 Å². The highest BCUT2D eigenvalue weighted by molar-refractivity contribution is 14.1. The van der Waals surface area contributed by atoms with Crippen LogP contribution in [0.1, 0.15) is 23.6 Å². The molecule has 0 spiro atoms. The predicted molar refractivity (Wildman–Crippen MR) is 116 cm³/mol. The molecule has 0 saturated heterocycles. The number of nitrogens with zero attached hydrogens (tertiary/aromatic N) is 3. The fourth-order valence-electron chi connectivity index (χ4n) is 3.06. The molecule has 2 aromatic rings. The summed E-state index contributed by atoms with van der Waals surface area (Å²) in [7, 11) is 0. The van der Waals surface area contributed by atoms with E-state index in [1.807, 2.05) is 48.5 Å². The van der Waals surface area contributed by atoms with Crippen molar-refractivity contribution in [3.05, 3.63) is 57.2 Å². The van der Waals surface area contributed by atoms with Crippen molar-refractivity contribution in [2.45, 2.75) is 19.4 Å². The number of hydrazone groups is 1. The summed E-state index contributed by atoms with van der Waals surface area (Å²) in [5.41, 5.74) is 4.07. The van der Waals surface area contributed by atoms with Gasteiger partial charge in [-0.3, -0.25) is 4.79 Å². The number of anilines is 1. The van der Waals surface area contributed by atoms with E-state index in [1.165, 1.54) is 17.3 Å². The van der Waals surface area contributed by atoms with Crippen LogP contribution < -0.4 is 5.32 Å². The van der Waals surface area contributed by atoms with Gasteiger partial charge in [-0.25, -0.2) is 10.0 Å². The van der Waals surface area contributed by atoms with E-state index in [9.17, 15) is 4.79 Å². The maximum absolute atomic E-state index is 12.4. The molecule has 132 valence electrons. The maximum Gasteiger partial charge on any atom is 0.234 e. The minimum absolute atomic E-state index is 0.0411. The molecule has 0 radical (unpaired) electrons. The second-order valence-corrected chi connectivity index (χ2v) is 8.33. The monoisotopic (exact) mass is 476 g/mol. The third-order valence-electron chi connectivity index (χ3n) is 4.33. The molecule has 2 heterocycles. The number of hydrogen-bond acceptors (Lipinski definition) is 5. The Kier molecular flexibility index (Phi) is 4.99. The molecular weight excluding hydrogens is 459 g/mol. The highest BCUT2D eigenvalue weighted by atomic mass is 127. The van der Waals surface area contributed by atoms with Gasteiger partial charge in [0.2, 0.25) is 5.91 Å². The van der Waals surface area contributed by atoms with Crippen LogP contribution in [0.4, 0.5) is 11.4 Å². The van der Waals surface area contributed by atoms with Gasteiger partial charge in [0.25, 0.3) is 0 Å². The van der Waals surface area contributed by atoms with Crippen LogP contribution in [0.25, 0.3) is 0 Å². The van der Waals surface area contributed by atoms with E-state index in [-0.39, 0.29) is 11.9 Å². The molecule has 0 aliphatic carbocycles. The Morgan fingerprint density at radius 2 is 2.19 bits per heavy atom. The number of amidine groups is 1. The van der Waals surface area contributed by atoms with E-state index in [0.29, 0.717) is 5.75 Å². The maximum atomic E-state index is 12.4. The van der Waals surface area contributed by atoms with Crippen molar-refractivity contribution in [1.82, 2.24) is 5.01 Å². The van der Waals surface area contributed by atoms with E-state index >= 15 is 0 Å². The first-order valence-corrected chi connectivity index (χ1v) is 10.4. The van der Waals surface area contributed by atoms with Crippen LogP contribution in [-0.4, -0.2) is 28.1 Å². The molecular formula is C19H17IN4OS. The number of benzene rings is 2. The number of nitrogens with one attached hydrogen (secondary N) is 1. The molecule has 1 amide bonds. The van der Waals surface area contributed by atoms with Gasteiger partial charge in [-0.2, -0.15) is 5.10 Å². The molecule has 1 N–H and O–H groups in total. The van der Waals surface area contributed by atoms with Crippen molar-refractivity contribution in [3.63, 3.8) is 0 Å². The number of thioether (sulfide) groups is 1. The standard InChI is InChI=1S/C19H17IN4OS/c1-12-10-13(20)6-7-15(12)22-18(25)11-26-19-23-16-5-3-2-4-14(16)17-8-9-21-24(17)19/h2-7,9-10,17H,8,11H2,1H3,(H,22,25). The summed E-state index contributed by atoms with van der Waals surface area (Å²) >= 11 is 3.69. The predicted octanol–water partition coefficient (Wildman–Crippen LogP) is 4.71. The van der Waals surface area contributed by atoms with E-state index in [2.05, 4.69) is 45.1 Å². The lowest BCUT2D eigenvalue weighted by Crippen LogP contribution is -2.29. The molecule has 2 aliphatic heterocycles. The van der Waals surface area contributed by atoms with Gasteiger partial charge < -0.3 is 5.32 Å². The van der Waals surface area contributed by atoms with Gasteiger partial charge in [-0.05, 0) is 59.3 Å². The largest absolute Gasteiger partial charge is 0.325 e. The summed E-state index contributed by atoms with van der Waals surface area (Å²) in [5, 5.41) is 10.1. The third-order valence-corrected chi connectivity index (χ3v) is 5.95. The fourth-order valence-corrected chi connectivity index (χ4v) is 4.51. The third kappa shape index (κ3) is 3.50. The van der Waals surface area contributed by atoms with Crippen molar-refractivity contribution >= 4 is 63.0 Å². The van der Waals surface area contributed by atoms with Crippen molar-refractivity contribution < 1.29 is 4.79 Å². The number of rotatable bonds is 3. The number of aliphatic imine (C=N–C) groups is 1. The average molecular weight is 476 g/mol. The second kappa shape index (κ2) is 7.40. The second-order valence-electron chi connectivity index (χ2n) is 6.14. The van der Waals surface area contributed by atoms with Crippen LogP contribution in [0.15, 0.2) is 52.6 Å². The number of para-hydroxylation sites is 1. The molecule has 0 saturated carbocycles. The van der Waals surface area contributed by atoms with Crippen LogP contribution in [0.2, 0.25) is 0 Å². The van der Waals surface area contributed by atoms with Crippen LogP contribution in [-0.2, 0) is 4.79 Å². The summed E-state index contributed by atoms with van der Waals surface area (Å²) in [6, 6.07) is 14.3. The molecule has 0 bridgehead atoms. The average Bonchev–Trinajstić information content (AvgIpc) is 3.12. The Labute approximate surface area is 170 Å². The van der Waals surface area contributed by atoms with Crippen LogP contribution >= 0.6 is 34.4 Å². The molecule has 2 aromatic carbocycles. The summed E-state index contributed by atoms with van der Waals surface area (Å²) in [4.78, 5) is 17.1. The number of carbonyl (C=O) groups excluding carboxylic acids is 1. The van der Waals surface area contributed by atoms with Crippen molar-refractivity contribution in [2.75, 3.05) is 11.1 Å². The number of carbonyl (C=O) groups is 1. The van der Waals surface area contributed by atoms with Crippen molar-refractivity contribution in [1.29, 1.82) is 0 Å². The minimum Gasteiger partial charge on any atom is -0.325 e. The molecule has 0 fully saturated rings. The van der Waals surface area contributed by atoms with Gasteiger partial charge in [0.05, 0.1) is 17.5 Å². The lowest BCUT2D eigenvalue weighted by atomic mass is 10.0. The smallest absolute Gasteiger partial charge is 0.234 e. The summed E-state index contributed by atoms with van der Waals surface area (Å²) < 4.78 is 1.15. The topological polar surface area (TPSA) is 57.1 Å². The summed E-state index contributed by atoms with van der Waals surface area (Å²) in [5.74, 6) is 0.256. The number of aryl methyl sites for hydroxylation is 1. The summed E-state index contributed by atoms with van der Waals surface area (Å²) in [6.07, 6.45) is 2.78. The lowest BCUT2D eigenvalue weighted by Gasteiger charge is -2.29. The SMILES string of the molecule is Cc1cc(I)ccc1NC(=O)CSC1=Nc2ccccc2C2CC=NN12. The molecule has 1 unspecified atom stereocenters. The number of hydrogen-bond donors (Lipinski definition) is 1. The van der Waals surface area contributed by atoms with Gasteiger partial charge in [0.1, 0.15) is 0 Å². The number of fused-ring (bicyclic) bond motifs is 3. The molecule has 2 aliphatic rings. The normalized spacial score (nSPS) is 17.5. The van der Waals surface area contributed by atoms with Gasteiger partial charge >= 0.3 is 0 Å². The van der Waals surface area contributed by atoms with E-state index < -0.39 is 0 Å². The molecule has 0 aromatic heterocycles. The molecule has 7 heteroatoms. The van der Waals surface area contributed by atoms with E-state index in [0.717, 1.165) is 32.1 Å². The Balaban J connectivity index is 1.46. The minimum atomic E-state index is -0.0411. The highest BCUT2D eigenvalue weighted by Crippen LogP contribution is 2.40.